The number of nitrogens with one attached hydrogen (secondary N) is 3. The van der Waals surface area contributed by atoms with Crippen molar-refractivity contribution < 1.29 is 9.59 Å². The van der Waals surface area contributed by atoms with Crippen LogP contribution in [0.25, 0.3) is 10.6 Å². The zero-order valence-corrected chi connectivity index (χ0v) is 24.0. The Balaban J connectivity index is 1.76. The van der Waals surface area contributed by atoms with Crippen LogP contribution in [-0.2, 0) is 4.79 Å². The number of carbonyl (C=O) groups is 2. The van der Waals surface area contributed by atoms with Gasteiger partial charge in [0.05, 0.1) is 0 Å². The summed E-state index contributed by atoms with van der Waals surface area (Å²) in [7, 11) is 0. The molecule has 7 nitrogen and oxygen atoms in total. The minimum Gasteiger partial charge on any atom is -0.326 e. The molecule has 2 atom stereocenters. The largest absolute Gasteiger partial charge is 0.326 e. The predicted molar refractivity (Wildman–Crippen MR) is 152 cm³/mol. The number of hydrogen-bond donors (Lipinski definition) is 3. The third kappa shape index (κ3) is 6.91. The lowest BCUT2D eigenvalue weighted by molar-refractivity contribution is -0.119. The molecule has 0 bridgehead atoms. The van der Waals surface area contributed by atoms with Crippen LogP contribution in [-0.4, -0.2) is 28.2 Å². The topological polar surface area (TPSA) is 96.0 Å². The zero-order valence-electron chi connectivity index (χ0n) is 21.6. The zero-order chi connectivity index (χ0) is 26.4. The van der Waals surface area contributed by atoms with E-state index in [0.29, 0.717) is 10.1 Å². The highest BCUT2D eigenvalue weighted by Gasteiger charge is 2.28. The standard InChI is InChI=1S/C27H34BrN5O2S/c1-7-17(6)22(24(34)31-27-33-32-25(36-27)18-11-13-19(28)14-12-18)29-26(35)30-23-20(15(2)3)9-8-10-21(23)16(4)5/h8-17,22H,7H2,1-6H3,(H2,29,30,35)(H,31,33,34)/t17-,22+/m1/s1. The Labute approximate surface area is 225 Å². The third-order valence-corrected chi connectivity index (χ3v) is 7.56. The van der Waals surface area contributed by atoms with E-state index >= 15 is 0 Å². The van der Waals surface area contributed by atoms with Crippen molar-refractivity contribution in [3.05, 3.63) is 58.1 Å². The lowest BCUT2D eigenvalue weighted by atomic mass is 9.92. The minimum atomic E-state index is -0.733. The Kier molecular flexibility index (Phi) is 9.62. The van der Waals surface area contributed by atoms with Gasteiger partial charge < -0.3 is 10.6 Å². The number of rotatable bonds is 9. The van der Waals surface area contributed by atoms with Crippen LogP contribution >= 0.6 is 27.3 Å². The molecule has 9 heteroatoms. The van der Waals surface area contributed by atoms with E-state index in [1.54, 1.807) is 0 Å². The van der Waals surface area contributed by atoms with E-state index in [0.717, 1.165) is 33.3 Å². The number of benzene rings is 2. The normalized spacial score (nSPS) is 12.9. The molecular weight excluding hydrogens is 538 g/mol. The van der Waals surface area contributed by atoms with E-state index in [4.69, 9.17) is 0 Å². The van der Waals surface area contributed by atoms with Gasteiger partial charge in [-0.3, -0.25) is 10.1 Å². The van der Waals surface area contributed by atoms with E-state index in [1.807, 2.05) is 56.3 Å². The van der Waals surface area contributed by atoms with Crippen molar-refractivity contribution in [3.63, 3.8) is 0 Å². The van der Waals surface area contributed by atoms with Gasteiger partial charge in [0.15, 0.2) is 0 Å². The average molecular weight is 573 g/mol. The molecule has 3 N–H and O–H groups in total. The van der Waals surface area contributed by atoms with Crippen LogP contribution in [0.2, 0.25) is 0 Å². The maximum absolute atomic E-state index is 13.2. The molecule has 1 aromatic heterocycles. The second-order valence-corrected chi connectivity index (χ2v) is 11.4. The van der Waals surface area contributed by atoms with E-state index in [1.165, 1.54) is 11.3 Å². The van der Waals surface area contributed by atoms with Gasteiger partial charge in [0.1, 0.15) is 11.0 Å². The summed E-state index contributed by atoms with van der Waals surface area (Å²) in [5, 5.41) is 18.2. The maximum Gasteiger partial charge on any atom is 0.319 e. The molecule has 36 heavy (non-hydrogen) atoms. The van der Waals surface area contributed by atoms with Gasteiger partial charge in [-0.15, -0.1) is 10.2 Å². The maximum atomic E-state index is 13.2. The number of nitrogens with zero attached hydrogens (tertiary/aromatic N) is 2. The lowest BCUT2D eigenvalue weighted by Crippen LogP contribution is -2.49. The van der Waals surface area contributed by atoms with Crippen molar-refractivity contribution in [2.45, 2.75) is 65.8 Å². The number of carbonyl (C=O) groups excluding carboxylic acids is 2. The molecule has 0 radical (unpaired) electrons. The molecule has 192 valence electrons. The van der Waals surface area contributed by atoms with Crippen LogP contribution < -0.4 is 16.0 Å². The summed E-state index contributed by atoms with van der Waals surface area (Å²) < 4.78 is 0.974. The second-order valence-electron chi connectivity index (χ2n) is 9.49. The van der Waals surface area contributed by atoms with Crippen LogP contribution in [0, 0.1) is 5.92 Å². The summed E-state index contributed by atoms with van der Waals surface area (Å²) in [6, 6.07) is 12.7. The van der Waals surface area contributed by atoms with Crippen molar-refractivity contribution in [1.82, 2.24) is 15.5 Å². The van der Waals surface area contributed by atoms with Crippen LogP contribution in [0.1, 0.15) is 70.9 Å². The molecule has 3 rings (SSSR count). The van der Waals surface area contributed by atoms with Gasteiger partial charge in [0.25, 0.3) is 0 Å². The second kappa shape index (κ2) is 12.5. The number of para-hydroxylation sites is 1. The van der Waals surface area contributed by atoms with Crippen LogP contribution in [0.3, 0.4) is 0 Å². The Bertz CT molecular complexity index is 1170. The Morgan fingerprint density at radius 2 is 1.53 bits per heavy atom. The molecule has 1 heterocycles. The first-order valence-corrected chi connectivity index (χ1v) is 13.8. The van der Waals surface area contributed by atoms with Gasteiger partial charge in [-0.05, 0) is 41.0 Å². The summed E-state index contributed by atoms with van der Waals surface area (Å²) in [4.78, 5) is 26.4. The first kappa shape index (κ1) is 27.8. The first-order chi connectivity index (χ1) is 17.1. The Morgan fingerprint density at radius 1 is 0.917 bits per heavy atom. The fourth-order valence-electron chi connectivity index (χ4n) is 3.85. The van der Waals surface area contributed by atoms with E-state index < -0.39 is 12.1 Å². The smallest absolute Gasteiger partial charge is 0.319 e. The highest BCUT2D eigenvalue weighted by molar-refractivity contribution is 9.10. The number of urea groups is 1. The summed E-state index contributed by atoms with van der Waals surface area (Å²) in [5.41, 5.74) is 3.86. The molecular formula is C27H34BrN5O2S. The van der Waals surface area contributed by atoms with E-state index in [-0.39, 0.29) is 23.7 Å². The van der Waals surface area contributed by atoms with Gasteiger partial charge in [-0.1, -0.05) is 106 Å². The summed E-state index contributed by atoms with van der Waals surface area (Å²) in [6.07, 6.45) is 0.721. The van der Waals surface area contributed by atoms with Crippen molar-refractivity contribution in [2.75, 3.05) is 10.6 Å². The molecule has 3 amide bonds. The fraction of sp³-hybridized carbons (Fsp3) is 0.407. The Morgan fingerprint density at radius 3 is 2.08 bits per heavy atom. The average Bonchev–Trinajstić information content (AvgIpc) is 3.30. The van der Waals surface area contributed by atoms with Crippen LogP contribution in [0.15, 0.2) is 46.9 Å². The van der Waals surface area contributed by atoms with E-state index in [9.17, 15) is 9.59 Å². The van der Waals surface area contributed by atoms with Gasteiger partial charge in [-0.2, -0.15) is 0 Å². The van der Waals surface area contributed by atoms with Crippen molar-refractivity contribution in [2.24, 2.45) is 5.92 Å². The number of hydrogen-bond acceptors (Lipinski definition) is 5. The molecule has 0 aliphatic heterocycles. The predicted octanol–water partition coefficient (Wildman–Crippen LogP) is 7.39. The van der Waals surface area contributed by atoms with E-state index in [2.05, 4.69) is 69.8 Å². The number of halogens is 1. The summed E-state index contributed by atoms with van der Waals surface area (Å²) in [5.74, 6) is 0.0775. The SMILES string of the molecule is CC[C@@H](C)[C@H](NC(=O)Nc1c(C(C)C)cccc1C(C)C)C(=O)Nc1nnc(-c2ccc(Br)cc2)s1. The monoisotopic (exact) mass is 571 g/mol. The van der Waals surface area contributed by atoms with Crippen molar-refractivity contribution >= 4 is 50.0 Å². The number of anilines is 2. The molecule has 0 fully saturated rings. The third-order valence-electron chi connectivity index (χ3n) is 6.14. The lowest BCUT2D eigenvalue weighted by Gasteiger charge is -2.25. The van der Waals surface area contributed by atoms with Gasteiger partial charge in [0.2, 0.25) is 11.0 Å². The quantitative estimate of drug-likeness (QED) is 0.249. The van der Waals surface area contributed by atoms with Crippen LogP contribution in [0.4, 0.5) is 15.6 Å². The highest BCUT2D eigenvalue weighted by atomic mass is 79.9. The molecule has 3 aromatic rings. The molecule has 0 aliphatic carbocycles. The summed E-state index contributed by atoms with van der Waals surface area (Å²) >= 11 is 4.72. The molecule has 0 saturated heterocycles. The molecule has 0 aliphatic rings. The number of aromatic nitrogens is 2. The summed E-state index contributed by atoms with van der Waals surface area (Å²) in [6.45, 7) is 12.3. The minimum absolute atomic E-state index is 0.0838. The number of amides is 3. The first-order valence-electron chi connectivity index (χ1n) is 12.2. The fourth-order valence-corrected chi connectivity index (χ4v) is 4.87. The van der Waals surface area contributed by atoms with Gasteiger partial charge >= 0.3 is 6.03 Å². The molecule has 0 saturated carbocycles. The molecule has 2 aromatic carbocycles. The molecule has 0 spiro atoms. The van der Waals surface area contributed by atoms with Crippen molar-refractivity contribution in [1.29, 1.82) is 0 Å². The van der Waals surface area contributed by atoms with Crippen LogP contribution in [0.5, 0.6) is 0 Å². The van der Waals surface area contributed by atoms with Gasteiger partial charge in [0, 0.05) is 15.7 Å². The van der Waals surface area contributed by atoms with Gasteiger partial charge in [-0.25, -0.2) is 4.79 Å². The highest BCUT2D eigenvalue weighted by Crippen LogP contribution is 2.32. The van der Waals surface area contributed by atoms with Crippen molar-refractivity contribution in [3.8, 4) is 10.6 Å². The Hall–Kier alpha value is -2.78. The molecule has 0 unspecified atom stereocenters.